The van der Waals surface area contributed by atoms with Gasteiger partial charge in [0.05, 0.1) is 5.56 Å². The number of hydrogen-bond acceptors (Lipinski definition) is 2. The second kappa shape index (κ2) is 6.05. The van der Waals surface area contributed by atoms with E-state index in [1.807, 2.05) is 25.1 Å². The van der Waals surface area contributed by atoms with Gasteiger partial charge < -0.3 is 10.4 Å². The van der Waals surface area contributed by atoms with Gasteiger partial charge >= 0.3 is 5.97 Å². The van der Waals surface area contributed by atoms with E-state index < -0.39 is 11.8 Å². The van der Waals surface area contributed by atoms with Crippen molar-refractivity contribution < 1.29 is 14.3 Å². The van der Waals surface area contributed by atoms with Crippen LogP contribution in [0, 0.1) is 12.7 Å². The van der Waals surface area contributed by atoms with Crippen LogP contribution in [0.5, 0.6) is 0 Å². The number of rotatable bonds is 4. The van der Waals surface area contributed by atoms with Crippen LogP contribution in [0.1, 0.15) is 21.5 Å². The monoisotopic (exact) mass is 337 g/mol. The molecular weight excluding hydrogens is 325 g/mol. The van der Waals surface area contributed by atoms with Crippen LogP contribution in [0.15, 0.2) is 40.9 Å². The summed E-state index contributed by atoms with van der Waals surface area (Å²) in [5.41, 5.74) is 2.40. The second-order valence-corrected chi connectivity index (χ2v) is 5.35. The molecule has 0 aromatic heterocycles. The highest BCUT2D eigenvalue weighted by atomic mass is 79.9. The molecule has 0 aliphatic rings. The molecule has 2 rings (SSSR count). The van der Waals surface area contributed by atoms with Crippen LogP contribution in [-0.4, -0.2) is 11.1 Å². The minimum Gasteiger partial charge on any atom is -0.478 e. The van der Waals surface area contributed by atoms with Crippen LogP contribution in [-0.2, 0) is 6.54 Å². The highest BCUT2D eigenvalue weighted by Gasteiger charge is 2.10. The van der Waals surface area contributed by atoms with Gasteiger partial charge in [0, 0.05) is 16.7 Å². The fourth-order valence-corrected chi connectivity index (χ4v) is 2.19. The summed E-state index contributed by atoms with van der Waals surface area (Å²) in [4.78, 5) is 10.7. The number of aromatic carboxylic acids is 1. The zero-order valence-corrected chi connectivity index (χ0v) is 12.4. The first-order valence-corrected chi connectivity index (χ1v) is 6.78. The van der Waals surface area contributed by atoms with Crippen molar-refractivity contribution in [2.24, 2.45) is 0 Å². The third-order valence-corrected chi connectivity index (χ3v) is 3.44. The summed E-state index contributed by atoms with van der Waals surface area (Å²) in [6.07, 6.45) is 0. The van der Waals surface area contributed by atoms with Gasteiger partial charge in [0.2, 0.25) is 0 Å². The zero-order valence-electron chi connectivity index (χ0n) is 10.8. The van der Waals surface area contributed by atoms with E-state index in [0.29, 0.717) is 12.1 Å². The van der Waals surface area contributed by atoms with Gasteiger partial charge in [-0.3, -0.25) is 0 Å². The Morgan fingerprint density at radius 1 is 1.30 bits per heavy atom. The smallest absolute Gasteiger partial charge is 0.338 e. The Labute approximate surface area is 124 Å². The lowest BCUT2D eigenvalue weighted by Gasteiger charge is -2.10. The molecule has 20 heavy (non-hydrogen) atoms. The molecule has 0 amide bonds. The third-order valence-electron chi connectivity index (χ3n) is 2.95. The van der Waals surface area contributed by atoms with E-state index >= 15 is 0 Å². The summed E-state index contributed by atoms with van der Waals surface area (Å²) in [7, 11) is 0. The van der Waals surface area contributed by atoms with Crippen molar-refractivity contribution in [3.05, 3.63) is 63.4 Å². The van der Waals surface area contributed by atoms with Crippen LogP contribution >= 0.6 is 15.9 Å². The number of benzene rings is 2. The molecule has 0 aliphatic carbocycles. The summed E-state index contributed by atoms with van der Waals surface area (Å²) in [6, 6.07) is 9.98. The Morgan fingerprint density at radius 3 is 2.70 bits per heavy atom. The Kier molecular flexibility index (Phi) is 4.39. The van der Waals surface area contributed by atoms with Crippen LogP contribution in [0.3, 0.4) is 0 Å². The van der Waals surface area contributed by atoms with E-state index in [0.717, 1.165) is 15.7 Å². The molecular formula is C15H13BrFNO2. The summed E-state index contributed by atoms with van der Waals surface area (Å²) >= 11 is 3.39. The summed E-state index contributed by atoms with van der Waals surface area (Å²) in [5.74, 6) is -1.98. The van der Waals surface area contributed by atoms with Crippen molar-refractivity contribution in [1.29, 1.82) is 0 Å². The average Bonchev–Trinajstić information content (AvgIpc) is 2.39. The van der Waals surface area contributed by atoms with Gasteiger partial charge in [-0.1, -0.05) is 28.1 Å². The standard InChI is InChI=1S/C15H13BrFNO2/c1-9-2-4-11(16)7-14(9)18-8-10-3-5-12(15(19)20)13(17)6-10/h2-7,18H,8H2,1H3,(H,19,20). The molecule has 0 heterocycles. The number of aryl methyl sites for hydroxylation is 1. The Balaban J connectivity index is 2.13. The van der Waals surface area contributed by atoms with Crippen LogP contribution in [0.2, 0.25) is 0 Å². The molecule has 0 fully saturated rings. The maximum Gasteiger partial charge on any atom is 0.338 e. The minimum atomic E-state index is -1.26. The lowest BCUT2D eigenvalue weighted by Crippen LogP contribution is -2.04. The zero-order chi connectivity index (χ0) is 14.7. The lowest BCUT2D eigenvalue weighted by atomic mass is 10.1. The Hall–Kier alpha value is -1.88. The average molecular weight is 338 g/mol. The highest BCUT2D eigenvalue weighted by Crippen LogP contribution is 2.21. The maximum atomic E-state index is 13.6. The fourth-order valence-electron chi connectivity index (χ4n) is 1.82. The number of hydrogen-bond donors (Lipinski definition) is 2. The van der Waals surface area contributed by atoms with Gasteiger partial charge in [-0.05, 0) is 42.3 Å². The first-order chi connectivity index (χ1) is 9.47. The van der Waals surface area contributed by atoms with E-state index in [1.165, 1.54) is 12.1 Å². The van der Waals surface area contributed by atoms with E-state index in [4.69, 9.17) is 5.11 Å². The van der Waals surface area contributed by atoms with Gasteiger partial charge in [0.15, 0.2) is 0 Å². The molecule has 3 nitrogen and oxygen atoms in total. The van der Waals surface area contributed by atoms with Gasteiger partial charge in [0.25, 0.3) is 0 Å². The van der Waals surface area contributed by atoms with Crippen molar-refractivity contribution >= 4 is 27.6 Å². The predicted octanol–water partition coefficient (Wildman–Crippen LogP) is 4.21. The molecule has 0 bridgehead atoms. The molecule has 0 saturated carbocycles. The highest BCUT2D eigenvalue weighted by molar-refractivity contribution is 9.10. The van der Waals surface area contributed by atoms with Crippen molar-refractivity contribution in [2.45, 2.75) is 13.5 Å². The van der Waals surface area contributed by atoms with E-state index in [1.54, 1.807) is 6.07 Å². The van der Waals surface area contributed by atoms with E-state index in [2.05, 4.69) is 21.2 Å². The number of halogens is 2. The molecule has 2 N–H and O–H groups in total. The van der Waals surface area contributed by atoms with E-state index in [-0.39, 0.29) is 5.56 Å². The molecule has 0 spiro atoms. The minimum absolute atomic E-state index is 0.313. The quantitative estimate of drug-likeness (QED) is 0.878. The van der Waals surface area contributed by atoms with Crippen LogP contribution in [0.4, 0.5) is 10.1 Å². The fraction of sp³-hybridized carbons (Fsp3) is 0.133. The lowest BCUT2D eigenvalue weighted by molar-refractivity contribution is 0.0692. The summed E-state index contributed by atoms with van der Waals surface area (Å²) in [5, 5.41) is 12.0. The molecule has 0 atom stereocenters. The van der Waals surface area contributed by atoms with Gasteiger partial charge in [-0.2, -0.15) is 0 Å². The first-order valence-electron chi connectivity index (χ1n) is 5.99. The van der Waals surface area contributed by atoms with Crippen molar-refractivity contribution in [3.63, 3.8) is 0 Å². The molecule has 0 unspecified atom stereocenters. The number of carboxylic acids is 1. The molecule has 2 aromatic rings. The Bertz CT molecular complexity index is 658. The molecule has 104 valence electrons. The summed E-state index contributed by atoms with van der Waals surface area (Å²) in [6.45, 7) is 2.40. The Morgan fingerprint density at radius 2 is 2.05 bits per heavy atom. The largest absolute Gasteiger partial charge is 0.478 e. The molecule has 2 aromatic carbocycles. The van der Waals surface area contributed by atoms with Crippen molar-refractivity contribution in [1.82, 2.24) is 0 Å². The number of anilines is 1. The van der Waals surface area contributed by atoms with Gasteiger partial charge in [0.1, 0.15) is 5.82 Å². The van der Waals surface area contributed by atoms with Crippen molar-refractivity contribution in [2.75, 3.05) is 5.32 Å². The number of carboxylic acid groups (broad SMARTS) is 1. The van der Waals surface area contributed by atoms with Gasteiger partial charge in [-0.15, -0.1) is 0 Å². The molecule has 5 heteroatoms. The maximum absolute atomic E-state index is 13.6. The van der Waals surface area contributed by atoms with Gasteiger partial charge in [-0.25, -0.2) is 9.18 Å². The second-order valence-electron chi connectivity index (χ2n) is 4.43. The van der Waals surface area contributed by atoms with E-state index in [9.17, 15) is 9.18 Å². The topological polar surface area (TPSA) is 49.3 Å². The molecule has 0 aliphatic heterocycles. The first kappa shape index (κ1) is 14.5. The predicted molar refractivity (Wildman–Crippen MR) is 79.6 cm³/mol. The molecule has 0 radical (unpaired) electrons. The normalized spacial score (nSPS) is 10.3. The SMILES string of the molecule is Cc1ccc(Br)cc1NCc1ccc(C(=O)O)c(F)c1. The number of carbonyl (C=O) groups is 1. The number of nitrogens with one attached hydrogen (secondary N) is 1. The van der Waals surface area contributed by atoms with Crippen LogP contribution in [0.25, 0.3) is 0 Å². The van der Waals surface area contributed by atoms with Crippen molar-refractivity contribution in [3.8, 4) is 0 Å². The third kappa shape index (κ3) is 3.36. The summed E-state index contributed by atoms with van der Waals surface area (Å²) < 4.78 is 14.5. The van der Waals surface area contributed by atoms with Crippen LogP contribution < -0.4 is 5.32 Å². The molecule has 0 saturated heterocycles.